The molecule has 0 radical (unpaired) electrons. The third kappa shape index (κ3) is 3.03. The fourth-order valence-electron chi connectivity index (χ4n) is 3.88. The molecular weight excluding hydrogens is 374 g/mol. The van der Waals surface area contributed by atoms with Crippen molar-refractivity contribution in [1.29, 1.82) is 0 Å². The van der Waals surface area contributed by atoms with Crippen LogP contribution >= 0.6 is 0 Å². The highest BCUT2D eigenvalue weighted by Gasteiger charge is 2.16. The van der Waals surface area contributed by atoms with E-state index in [1.165, 1.54) is 5.56 Å². The van der Waals surface area contributed by atoms with Crippen molar-refractivity contribution < 1.29 is 4.79 Å². The molecule has 0 saturated carbocycles. The van der Waals surface area contributed by atoms with Crippen molar-refractivity contribution in [3.63, 3.8) is 0 Å². The summed E-state index contributed by atoms with van der Waals surface area (Å²) in [4.78, 5) is 16.3. The van der Waals surface area contributed by atoms with E-state index in [-0.39, 0.29) is 0 Å². The van der Waals surface area contributed by atoms with Crippen LogP contribution in [0.2, 0.25) is 0 Å². The number of rotatable bonds is 5. The number of aldehydes is 1. The number of nitrogens with one attached hydrogen (secondary N) is 1. The zero-order valence-corrected chi connectivity index (χ0v) is 16.8. The molecule has 6 heteroatoms. The number of benzene rings is 2. The Balaban J connectivity index is 1.66. The van der Waals surface area contributed by atoms with Crippen LogP contribution in [0.15, 0.2) is 66.9 Å². The van der Waals surface area contributed by atoms with Crippen molar-refractivity contribution in [2.45, 2.75) is 20.4 Å². The second-order valence-corrected chi connectivity index (χ2v) is 7.47. The third-order valence-corrected chi connectivity index (χ3v) is 5.28. The predicted molar refractivity (Wildman–Crippen MR) is 118 cm³/mol. The smallest absolute Gasteiger partial charge is 0.254 e. The minimum Gasteiger partial charge on any atom is -0.364 e. The lowest BCUT2D eigenvalue weighted by Gasteiger charge is -2.12. The van der Waals surface area contributed by atoms with E-state index in [4.69, 9.17) is 10.1 Å². The van der Waals surface area contributed by atoms with Gasteiger partial charge < -0.3 is 5.32 Å². The minimum absolute atomic E-state index is 0.559. The molecule has 5 rings (SSSR count). The fourth-order valence-corrected chi connectivity index (χ4v) is 3.88. The van der Waals surface area contributed by atoms with Crippen molar-refractivity contribution in [2.75, 3.05) is 5.32 Å². The van der Waals surface area contributed by atoms with Gasteiger partial charge in [-0.2, -0.15) is 4.98 Å². The van der Waals surface area contributed by atoms with E-state index in [1.54, 1.807) is 0 Å². The van der Waals surface area contributed by atoms with Crippen molar-refractivity contribution in [3.05, 3.63) is 89.2 Å². The monoisotopic (exact) mass is 395 g/mol. The number of anilines is 1. The molecule has 5 aromatic rings. The van der Waals surface area contributed by atoms with Gasteiger partial charge in [-0.3, -0.25) is 9.36 Å². The van der Waals surface area contributed by atoms with E-state index in [2.05, 4.69) is 23.5 Å². The molecule has 0 atom stereocenters. The van der Waals surface area contributed by atoms with Gasteiger partial charge in [-0.05, 0) is 43.2 Å². The molecule has 0 amide bonds. The highest BCUT2D eigenvalue weighted by Crippen LogP contribution is 2.26. The Kier molecular flexibility index (Phi) is 4.32. The number of nitrogens with zero attached hydrogens (tertiary/aromatic N) is 4. The molecule has 3 aromatic heterocycles. The summed E-state index contributed by atoms with van der Waals surface area (Å²) >= 11 is 0. The van der Waals surface area contributed by atoms with Gasteiger partial charge in [-0.25, -0.2) is 4.52 Å². The summed E-state index contributed by atoms with van der Waals surface area (Å²) in [5.74, 6) is 1.33. The SMILES string of the molecule is Cc1cc2c(NCc3ccccc3)nc(-n3c(C)cc4c(C=O)cccc43)nn2c1. The first-order valence-corrected chi connectivity index (χ1v) is 9.85. The number of hydrogen-bond donors (Lipinski definition) is 1. The lowest BCUT2D eigenvalue weighted by molar-refractivity contribution is 0.112. The van der Waals surface area contributed by atoms with Crippen LogP contribution in [0.4, 0.5) is 5.82 Å². The minimum atomic E-state index is 0.559. The van der Waals surface area contributed by atoms with Gasteiger partial charge in [0.1, 0.15) is 5.52 Å². The van der Waals surface area contributed by atoms with E-state index in [0.29, 0.717) is 18.1 Å². The maximum atomic E-state index is 11.5. The Morgan fingerprint density at radius 2 is 1.83 bits per heavy atom. The van der Waals surface area contributed by atoms with E-state index >= 15 is 0 Å². The summed E-state index contributed by atoms with van der Waals surface area (Å²) in [7, 11) is 0. The predicted octanol–water partition coefficient (Wildman–Crippen LogP) is 4.71. The molecule has 0 aliphatic rings. The first-order valence-electron chi connectivity index (χ1n) is 9.85. The molecule has 6 nitrogen and oxygen atoms in total. The second-order valence-electron chi connectivity index (χ2n) is 7.47. The number of fused-ring (bicyclic) bond motifs is 2. The quantitative estimate of drug-likeness (QED) is 0.438. The van der Waals surface area contributed by atoms with Gasteiger partial charge in [-0.1, -0.05) is 42.5 Å². The summed E-state index contributed by atoms with van der Waals surface area (Å²) in [6, 6.07) is 20.0. The zero-order valence-electron chi connectivity index (χ0n) is 16.8. The first kappa shape index (κ1) is 18.1. The average molecular weight is 395 g/mol. The maximum Gasteiger partial charge on any atom is 0.254 e. The highest BCUT2D eigenvalue weighted by atomic mass is 16.1. The fraction of sp³-hybridized carbons (Fsp3) is 0.125. The zero-order chi connectivity index (χ0) is 20.7. The molecular formula is C24H21N5O. The highest BCUT2D eigenvalue weighted by molar-refractivity contribution is 5.98. The van der Waals surface area contributed by atoms with Crippen LogP contribution in [0.25, 0.3) is 22.4 Å². The number of hydrogen-bond acceptors (Lipinski definition) is 4. The van der Waals surface area contributed by atoms with Crippen LogP contribution in [0.3, 0.4) is 0 Å². The molecule has 0 unspecified atom stereocenters. The first-order chi connectivity index (χ1) is 14.6. The van der Waals surface area contributed by atoms with Crippen molar-refractivity contribution in [1.82, 2.24) is 19.2 Å². The molecule has 2 aromatic carbocycles. The number of aromatic nitrogens is 4. The Labute approximate surface area is 173 Å². The Hall–Kier alpha value is -3.93. The lowest BCUT2D eigenvalue weighted by Crippen LogP contribution is -2.11. The Bertz CT molecular complexity index is 1380. The van der Waals surface area contributed by atoms with E-state index in [0.717, 1.165) is 39.8 Å². The number of carbonyl (C=O) groups excluding carboxylic acids is 1. The van der Waals surface area contributed by atoms with Gasteiger partial charge in [-0.15, -0.1) is 5.10 Å². The second kappa shape index (κ2) is 7.15. The van der Waals surface area contributed by atoms with Crippen molar-refractivity contribution in [2.24, 2.45) is 0 Å². The molecule has 0 aliphatic heterocycles. The number of aryl methyl sites for hydroxylation is 2. The number of carbonyl (C=O) groups is 1. The van der Waals surface area contributed by atoms with Crippen molar-refractivity contribution in [3.8, 4) is 5.95 Å². The molecule has 1 N–H and O–H groups in total. The molecule has 3 heterocycles. The summed E-state index contributed by atoms with van der Waals surface area (Å²) in [6.45, 7) is 4.71. The normalized spacial score (nSPS) is 11.3. The van der Waals surface area contributed by atoms with E-state index in [9.17, 15) is 4.79 Å². The maximum absolute atomic E-state index is 11.5. The van der Waals surface area contributed by atoms with Crippen LogP contribution in [-0.4, -0.2) is 25.5 Å². The standard InChI is InChI=1S/C24H21N5O/c1-16-11-22-23(25-13-18-7-4-3-5-8-18)26-24(27-28(22)14-16)29-17(2)12-20-19(15-30)9-6-10-21(20)29/h3-12,14-15H,13H2,1-2H3,(H,25,26,27). The topological polar surface area (TPSA) is 64.2 Å². The van der Waals surface area contributed by atoms with Crippen LogP contribution in [0.5, 0.6) is 0 Å². The molecule has 0 aliphatic carbocycles. The van der Waals surface area contributed by atoms with Crippen LogP contribution in [0, 0.1) is 13.8 Å². The van der Waals surface area contributed by atoms with Gasteiger partial charge in [0.05, 0.1) is 5.52 Å². The van der Waals surface area contributed by atoms with Crippen LogP contribution < -0.4 is 5.32 Å². The van der Waals surface area contributed by atoms with Gasteiger partial charge >= 0.3 is 0 Å². The van der Waals surface area contributed by atoms with Crippen LogP contribution in [-0.2, 0) is 6.54 Å². The summed E-state index contributed by atoms with van der Waals surface area (Å²) in [5, 5.41) is 9.13. The molecule has 0 fully saturated rings. The van der Waals surface area contributed by atoms with Gasteiger partial charge in [0.2, 0.25) is 0 Å². The van der Waals surface area contributed by atoms with Crippen LogP contribution in [0.1, 0.15) is 27.2 Å². The summed E-state index contributed by atoms with van der Waals surface area (Å²) < 4.78 is 3.85. The van der Waals surface area contributed by atoms with E-state index < -0.39 is 0 Å². The van der Waals surface area contributed by atoms with Gasteiger partial charge in [0, 0.05) is 29.4 Å². The molecule has 30 heavy (non-hydrogen) atoms. The third-order valence-electron chi connectivity index (χ3n) is 5.28. The van der Waals surface area contributed by atoms with Gasteiger partial charge in [0.25, 0.3) is 5.95 Å². The summed E-state index contributed by atoms with van der Waals surface area (Å²) in [5.41, 5.74) is 5.76. The summed E-state index contributed by atoms with van der Waals surface area (Å²) in [6.07, 6.45) is 2.88. The average Bonchev–Trinajstić information content (AvgIpc) is 3.30. The molecule has 0 bridgehead atoms. The molecule has 0 saturated heterocycles. The van der Waals surface area contributed by atoms with Gasteiger partial charge in [0.15, 0.2) is 12.1 Å². The molecule has 0 spiro atoms. The largest absolute Gasteiger partial charge is 0.364 e. The Morgan fingerprint density at radius 1 is 1.00 bits per heavy atom. The molecule has 148 valence electrons. The Morgan fingerprint density at radius 3 is 2.63 bits per heavy atom. The van der Waals surface area contributed by atoms with E-state index in [1.807, 2.05) is 71.6 Å². The van der Waals surface area contributed by atoms with Crippen molar-refractivity contribution >= 4 is 28.5 Å². The lowest BCUT2D eigenvalue weighted by atomic mass is 10.1.